The van der Waals surface area contributed by atoms with Crippen LogP contribution >= 0.6 is 0 Å². The Labute approximate surface area is 160 Å². The van der Waals surface area contributed by atoms with Crippen LogP contribution in [0.3, 0.4) is 0 Å². The lowest BCUT2D eigenvalue weighted by Crippen LogP contribution is -2.34. The first kappa shape index (κ1) is 19.4. The molecule has 2 aromatic carbocycles. The second kappa shape index (κ2) is 8.13. The molecule has 0 aliphatic heterocycles. The molecule has 0 saturated heterocycles. The third-order valence-electron chi connectivity index (χ3n) is 5.22. The van der Waals surface area contributed by atoms with E-state index in [4.69, 9.17) is 0 Å². The number of phenols is 1. The van der Waals surface area contributed by atoms with Crippen LogP contribution in [-0.2, 0) is 21.1 Å². The number of hydrogen-bond acceptors (Lipinski definition) is 4. The molecule has 1 fully saturated rings. The topological polar surface area (TPSA) is 83.5 Å². The molecule has 144 valence electrons. The number of nitrogens with one attached hydrogen (secondary N) is 1. The van der Waals surface area contributed by atoms with Crippen molar-refractivity contribution in [2.75, 3.05) is 0 Å². The van der Waals surface area contributed by atoms with E-state index in [0.717, 1.165) is 5.56 Å². The monoisotopic (exact) mass is 387 g/mol. The van der Waals surface area contributed by atoms with Gasteiger partial charge in [-0.1, -0.05) is 37.3 Å². The second-order valence-corrected chi connectivity index (χ2v) is 9.44. The van der Waals surface area contributed by atoms with Crippen LogP contribution in [0.4, 0.5) is 0 Å². The van der Waals surface area contributed by atoms with Crippen molar-refractivity contribution in [3.63, 3.8) is 0 Å². The lowest BCUT2D eigenvalue weighted by atomic mass is 10.1. The molecule has 5 nitrogen and oxygen atoms in total. The average molecular weight is 388 g/mol. The summed E-state index contributed by atoms with van der Waals surface area (Å²) >= 11 is 0. The van der Waals surface area contributed by atoms with Gasteiger partial charge in [0.2, 0.25) is 5.91 Å². The summed E-state index contributed by atoms with van der Waals surface area (Å²) in [5, 5.41) is 11.8. The number of carbonyl (C=O) groups is 1. The van der Waals surface area contributed by atoms with Gasteiger partial charge in [0.25, 0.3) is 0 Å². The highest BCUT2D eigenvalue weighted by Crippen LogP contribution is 2.34. The molecule has 6 heteroatoms. The van der Waals surface area contributed by atoms with Crippen molar-refractivity contribution in [3.05, 3.63) is 60.2 Å². The number of benzene rings is 2. The summed E-state index contributed by atoms with van der Waals surface area (Å²) in [6.07, 6.45) is 2.04. The fourth-order valence-corrected chi connectivity index (χ4v) is 5.86. The van der Waals surface area contributed by atoms with Crippen LogP contribution in [0.25, 0.3) is 0 Å². The molecule has 27 heavy (non-hydrogen) atoms. The molecule has 0 heterocycles. The molecule has 0 radical (unpaired) electrons. The van der Waals surface area contributed by atoms with Crippen LogP contribution in [0.15, 0.2) is 59.5 Å². The summed E-state index contributed by atoms with van der Waals surface area (Å²) in [6.45, 7) is 1.94. The molecule has 1 amide bonds. The number of aromatic hydroxyl groups is 1. The number of rotatable bonds is 6. The standard InChI is InChI=1S/C21H25NO4S/c1-15-13-17(14-20(15)27(25,26)19-5-3-2-4-6-19)22-21(24)12-9-16-7-10-18(23)11-8-16/h2-8,10-11,15,17,20,23H,9,12-14H2,1H3,(H,22,24)/t15-,17+,20?/m1/s1. The molecule has 1 saturated carbocycles. The highest BCUT2D eigenvalue weighted by Gasteiger charge is 2.40. The van der Waals surface area contributed by atoms with E-state index in [1.54, 1.807) is 54.6 Å². The van der Waals surface area contributed by atoms with Crippen molar-refractivity contribution in [3.8, 4) is 5.75 Å². The molecule has 1 unspecified atom stereocenters. The predicted octanol–water partition coefficient (Wildman–Crippen LogP) is 3.08. The van der Waals surface area contributed by atoms with E-state index >= 15 is 0 Å². The SMILES string of the molecule is C[C@@H]1C[C@H](NC(=O)CCc2ccc(O)cc2)CC1S(=O)(=O)c1ccccc1. The summed E-state index contributed by atoms with van der Waals surface area (Å²) in [6, 6.07) is 15.2. The minimum Gasteiger partial charge on any atom is -0.508 e. The molecule has 1 aliphatic rings. The van der Waals surface area contributed by atoms with Crippen LogP contribution in [0, 0.1) is 5.92 Å². The third-order valence-corrected chi connectivity index (χ3v) is 7.60. The van der Waals surface area contributed by atoms with Gasteiger partial charge in [0.1, 0.15) is 5.75 Å². The normalized spacial score (nSPS) is 22.5. The van der Waals surface area contributed by atoms with Crippen molar-refractivity contribution in [1.82, 2.24) is 5.32 Å². The number of phenolic OH excluding ortho intramolecular Hbond substituents is 1. The molecular formula is C21H25NO4S. The maximum atomic E-state index is 12.9. The minimum atomic E-state index is -3.39. The summed E-state index contributed by atoms with van der Waals surface area (Å²) in [4.78, 5) is 12.6. The molecule has 2 N–H and O–H groups in total. The number of hydrogen-bond donors (Lipinski definition) is 2. The van der Waals surface area contributed by atoms with Gasteiger partial charge in [-0.2, -0.15) is 0 Å². The van der Waals surface area contributed by atoms with Crippen molar-refractivity contribution in [2.24, 2.45) is 5.92 Å². The summed E-state index contributed by atoms with van der Waals surface area (Å²) in [5.41, 5.74) is 0.979. The Balaban J connectivity index is 1.56. The van der Waals surface area contributed by atoms with E-state index in [9.17, 15) is 18.3 Å². The number of aryl methyl sites for hydroxylation is 1. The number of carbonyl (C=O) groups excluding carboxylic acids is 1. The fourth-order valence-electron chi connectivity index (χ4n) is 3.77. The Hall–Kier alpha value is -2.34. The van der Waals surface area contributed by atoms with Crippen molar-refractivity contribution in [1.29, 1.82) is 0 Å². The molecule has 0 bridgehead atoms. The Kier molecular flexibility index (Phi) is 5.85. The zero-order chi connectivity index (χ0) is 19.4. The van der Waals surface area contributed by atoms with E-state index in [-0.39, 0.29) is 23.6 Å². The Morgan fingerprint density at radius 3 is 2.41 bits per heavy atom. The van der Waals surface area contributed by atoms with E-state index in [0.29, 0.717) is 30.6 Å². The van der Waals surface area contributed by atoms with Gasteiger partial charge in [-0.15, -0.1) is 0 Å². The third kappa shape index (κ3) is 4.69. The number of amides is 1. The first-order valence-electron chi connectivity index (χ1n) is 9.22. The Bertz CT molecular complexity index is 878. The van der Waals surface area contributed by atoms with Gasteiger partial charge in [0.15, 0.2) is 9.84 Å². The Morgan fingerprint density at radius 1 is 1.07 bits per heavy atom. The highest BCUT2D eigenvalue weighted by atomic mass is 32.2. The zero-order valence-corrected chi connectivity index (χ0v) is 16.2. The lowest BCUT2D eigenvalue weighted by Gasteiger charge is -2.16. The van der Waals surface area contributed by atoms with Gasteiger partial charge in [-0.3, -0.25) is 4.79 Å². The molecule has 1 aliphatic carbocycles. The van der Waals surface area contributed by atoms with Gasteiger partial charge in [-0.05, 0) is 55.0 Å². The van der Waals surface area contributed by atoms with E-state index in [2.05, 4.69) is 5.32 Å². The summed E-state index contributed by atoms with van der Waals surface area (Å²) < 4.78 is 25.8. The van der Waals surface area contributed by atoms with Crippen molar-refractivity contribution >= 4 is 15.7 Å². The molecule has 3 rings (SSSR count). The highest BCUT2D eigenvalue weighted by molar-refractivity contribution is 7.92. The molecule has 0 aromatic heterocycles. The first-order valence-corrected chi connectivity index (χ1v) is 10.8. The minimum absolute atomic E-state index is 0.00222. The number of sulfone groups is 1. The van der Waals surface area contributed by atoms with Crippen LogP contribution in [-0.4, -0.2) is 30.7 Å². The summed E-state index contributed by atoms with van der Waals surface area (Å²) in [5.74, 6) is 0.129. The van der Waals surface area contributed by atoms with Gasteiger partial charge in [0.05, 0.1) is 10.1 Å². The quantitative estimate of drug-likeness (QED) is 0.798. The van der Waals surface area contributed by atoms with Crippen LogP contribution in [0.2, 0.25) is 0 Å². The Morgan fingerprint density at radius 2 is 1.74 bits per heavy atom. The van der Waals surface area contributed by atoms with Crippen molar-refractivity contribution < 1.29 is 18.3 Å². The van der Waals surface area contributed by atoms with E-state index in [1.807, 2.05) is 6.92 Å². The first-order chi connectivity index (χ1) is 12.9. The van der Waals surface area contributed by atoms with Gasteiger partial charge in [-0.25, -0.2) is 8.42 Å². The van der Waals surface area contributed by atoms with E-state index in [1.165, 1.54) is 0 Å². The van der Waals surface area contributed by atoms with Crippen LogP contribution in [0.5, 0.6) is 5.75 Å². The predicted molar refractivity (Wildman–Crippen MR) is 104 cm³/mol. The van der Waals surface area contributed by atoms with Gasteiger partial charge < -0.3 is 10.4 Å². The molecule has 0 spiro atoms. The largest absolute Gasteiger partial charge is 0.508 e. The van der Waals surface area contributed by atoms with Crippen LogP contribution in [0.1, 0.15) is 31.7 Å². The second-order valence-electron chi connectivity index (χ2n) is 7.28. The lowest BCUT2D eigenvalue weighted by molar-refractivity contribution is -0.121. The summed E-state index contributed by atoms with van der Waals surface area (Å²) in [7, 11) is -3.39. The maximum Gasteiger partial charge on any atom is 0.220 e. The molecule has 3 atom stereocenters. The van der Waals surface area contributed by atoms with Gasteiger partial charge in [0, 0.05) is 12.5 Å². The maximum absolute atomic E-state index is 12.9. The molecular weight excluding hydrogens is 362 g/mol. The van der Waals surface area contributed by atoms with E-state index < -0.39 is 15.1 Å². The smallest absolute Gasteiger partial charge is 0.220 e. The fraction of sp³-hybridized carbons (Fsp3) is 0.381. The van der Waals surface area contributed by atoms with Crippen LogP contribution < -0.4 is 5.32 Å². The molecule has 2 aromatic rings. The van der Waals surface area contributed by atoms with Crippen molar-refractivity contribution in [2.45, 2.75) is 48.8 Å². The zero-order valence-electron chi connectivity index (χ0n) is 15.3. The average Bonchev–Trinajstić information content (AvgIpc) is 3.03. The van der Waals surface area contributed by atoms with Gasteiger partial charge >= 0.3 is 0 Å².